The van der Waals surface area contributed by atoms with E-state index in [4.69, 9.17) is 5.84 Å². The molecule has 2 aromatic rings. The van der Waals surface area contributed by atoms with Crippen LogP contribution in [-0.4, -0.2) is 9.89 Å². The summed E-state index contributed by atoms with van der Waals surface area (Å²) in [4.78, 5) is 1.34. The van der Waals surface area contributed by atoms with Crippen molar-refractivity contribution in [2.75, 3.05) is 5.84 Å². The van der Waals surface area contributed by atoms with Gasteiger partial charge < -0.3 is 5.84 Å². The van der Waals surface area contributed by atoms with Crippen LogP contribution < -0.4 is 5.84 Å². The van der Waals surface area contributed by atoms with Gasteiger partial charge in [0.05, 0.1) is 11.4 Å². The molecule has 4 heteroatoms. The molecule has 0 aliphatic rings. The van der Waals surface area contributed by atoms with Crippen LogP contribution in [0.15, 0.2) is 24.3 Å². The number of rotatable bonds is 1. The fourth-order valence-corrected chi connectivity index (χ4v) is 1.70. The van der Waals surface area contributed by atoms with Crippen molar-refractivity contribution in [1.82, 2.24) is 9.89 Å². The van der Waals surface area contributed by atoms with Gasteiger partial charge in [-0.3, -0.25) is 0 Å². The van der Waals surface area contributed by atoms with E-state index in [0.29, 0.717) is 0 Å². The molecule has 0 aliphatic heterocycles. The van der Waals surface area contributed by atoms with Gasteiger partial charge in [-0.05, 0) is 31.5 Å². The first-order chi connectivity index (χ1) is 7.09. The van der Waals surface area contributed by atoms with Crippen molar-refractivity contribution in [3.8, 4) is 11.1 Å². The first-order valence-corrected chi connectivity index (χ1v) is 4.67. The van der Waals surface area contributed by atoms with Crippen LogP contribution in [0.4, 0.5) is 4.39 Å². The van der Waals surface area contributed by atoms with Crippen molar-refractivity contribution in [3.05, 3.63) is 41.5 Å². The standard InChI is InChI=1S/C11H12FN3/c1-7-11(8(2)15(13)14-7)9-3-5-10(12)6-4-9/h3-6H,13H2,1-2H3. The Morgan fingerprint density at radius 1 is 1.20 bits per heavy atom. The van der Waals surface area contributed by atoms with E-state index in [9.17, 15) is 4.39 Å². The van der Waals surface area contributed by atoms with Crippen LogP contribution in [0.3, 0.4) is 0 Å². The van der Waals surface area contributed by atoms with Gasteiger partial charge in [-0.1, -0.05) is 12.1 Å². The highest BCUT2D eigenvalue weighted by molar-refractivity contribution is 5.68. The van der Waals surface area contributed by atoms with Gasteiger partial charge in [-0.15, -0.1) is 0 Å². The van der Waals surface area contributed by atoms with Crippen LogP contribution in [0, 0.1) is 19.7 Å². The van der Waals surface area contributed by atoms with E-state index in [0.717, 1.165) is 22.5 Å². The van der Waals surface area contributed by atoms with Crippen LogP contribution in [0.5, 0.6) is 0 Å². The largest absolute Gasteiger partial charge is 0.323 e. The van der Waals surface area contributed by atoms with E-state index in [-0.39, 0.29) is 5.82 Å². The topological polar surface area (TPSA) is 43.8 Å². The lowest BCUT2D eigenvalue weighted by Crippen LogP contribution is -2.11. The van der Waals surface area contributed by atoms with Gasteiger partial charge in [0.2, 0.25) is 0 Å². The predicted molar refractivity (Wildman–Crippen MR) is 57.2 cm³/mol. The molecule has 0 saturated carbocycles. The summed E-state index contributed by atoms with van der Waals surface area (Å²) in [5.41, 5.74) is 3.63. The molecule has 1 aromatic heterocycles. The van der Waals surface area contributed by atoms with E-state index in [1.54, 1.807) is 12.1 Å². The Balaban J connectivity index is 2.58. The highest BCUT2D eigenvalue weighted by Gasteiger charge is 2.11. The van der Waals surface area contributed by atoms with Crippen LogP contribution in [-0.2, 0) is 0 Å². The van der Waals surface area contributed by atoms with Gasteiger partial charge in [0.15, 0.2) is 0 Å². The van der Waals surface area contributed by atoms with Gasteiger partial charge in [0.1, 0.15) is 5.82 Å². The maximum absolute atomic E-state index is 12.8. The number of hydrogen-bond donors (Lipinski definition) is 1. The Morgan fingerprint density at radius 3 is 2.27 bits per heavy atom. The normalized spacial score (nSPS) is 10.6. The second-order valence-electron chi connectivity index (χ2n) is 3.50. The van der Waals surface area contributed by atoms with Crippen molar-refractivity contribution in [3.63, 3.8) is 0 Å². The highest BCUT2D eigenvalue weighted by Crippen LogP contribution is 2.25. The first-order valence-electron chi connectivity index (χ1n) is 4.67. The molecule has 0 bridgehead atoms. The van der Waals surface area contributed by atoms with E-state index < -0.39 is 0 Å². The first kappa shape index (κ1) is 9.71. The molecule has 0 aliphatic carbocycles. The molecule has 0 radical (unpaired) electrons. The Kier molecular flexibility index (Phi) is 2.19. The summed E-state index contributed by atoms with van der Waals surface area (Å²) in [6.07, 6.45) is 0. The third-order valence-corrected chi connectivity index (χ3v) is 2.46. The van der Waals surface area contributed by atoms with Crippen LogP contribution in [0.2, 0.25) is 0 Å². The number of halogens is 1. The summed E-state index contributed by atoms with van der Waals surface area (Å²) in [5, 5.41) is 4.11. The van der Waals surface area contributed by atoms with Crippen LogP contribution >= 0.6 is 0 Å². The monoisotopic (exact) mass is 205 g/mol. The number of nitrogens with zero attached hydrogens (tertiary/aromatic N) is 2. The predicted octanol–water partition coefficient (Wildman–Crippen LogP) is 2.02. The lowest BCUT2D eigenvalue weighted by molar-refractivity contribution is 0.628. The summed E-state index contributed by atoms with van der Waals surface area (Å²) >= 11 is 0. The molecule has 2 N–H and O–H groups in total. The molecule has 3 nitrogen and oxygen atoms in total. The van der Waals surface area contributed by atoms with Gasteiger partial charge in [-0.25, -0.2) is 4.39 Å². The minimum atomic E-state index is -0.241. The molecule has 1 aromatic carbocycles. The van der Waals surface area contributed by atoms with Gasteiger partial charge in [-0.2, -0.15) is 9.89 Å². The fourth-order valence-electron chi connectivity index (χ4n) is 1.70. The Bertz CT molecular complexity index is 485. The molecular weight excluding hydrogens is 193 g/mol. The van der Waals surface area contributed by atoms with Crippen LogP contribution in [0.25, 0.3) is 11.1 Å². The Labute approximate surface area is 87.3 Å². The number of nitrogens with two attached hydrogens (primary N) is 1. The third kappa shape index (κ3) is 1.58. The highest BCUT2D eigenvalue weighted by atomic mass is 19.1. The number of aromatic nitrogens is 2. The zero-order valence-electron chi connectivity index (χ0n) is 8.66. The number of hydrogen-bond acceptors (Lipinski definition) is 2. The SMILES string of the molecule is Cc1nn(N)c(C)c1-c1ccc(F)cc1. The maximum Gasteiger partial charge on any atom is 0.123 e. The van der Waals surface area contributed by atoms with E-state index in [2.05, 4.69) is 5.10 Å². The van der Waals surface area contributed by atoms with Crippen molar-refractivity contribution < 1.29 is 4.39 Å². The summed E-state index contributed by atoms with van der Waals surface area (Å²) in [7, 11) is 0. The summed E-state index contributed by atoms with van der Waals surface area (Å²) < 4.78 is 12.8. The van der Waals surface area contributed by atoms with Crippen molar-refractivity contribution in [2.45, 2.75) is 13.8 Å². The van der Waals surface area contributed by atoms with Crippen molar-refractivity contribution in [2.24, 2.45) is 0 Å². The number of aryl methyl sites for hydroxylation is 1. The average Bonchev–Trinajstić information content (AvgIpc) is 2.44. The summed E-state index contributed by atoms with van der Waals surface area (Å²) in [6.45, 7) is 3.77. The van der Waals surface area contributed by atoms with Gasteiger partial charge in [0, 0.05) is 5.56 Å². The van der Waals surface area contributed by atoms with Gasteiger partial charge in [0.25, 0.3) is 0 Å². The minimum absolute atomic E-state index is 0.241. The Hall–Kier alpha value is -1.84. The molecule has 2 rings (SSSR count). The quantitative estimate of drug-likeness (QED) is 0.724. The maximum atomic E-state index is 12.8. The van der Waals surface area contributed by atoms with Crippen LogP contribution in [0.1, 0.15) is 11.4 Å². The third-order valence-electron chi connectivity index (χ3n) is 2.46. The Morgan fingerprint density at radius 2 is 1.80 bits per heavy atom. The summed E-state index contributed by atoms with van der Waals surface area (Å²) in [5.74, 6) is 5.40. The van der Waals surface area contributed by atoms with Gasteiger partial charge >= 0.3 is 0 Å². The lowest BCUT2D eigenvalue weighted by Gasteiger charge is -2.01. The van der Waals surface area contributed by atoms with E-state index in [1.165, 1.54) is 16.9 Å². The minimum Gasteiger partial charge on any atom is -0.323 e. The number of benzene rings is 1. The molecule has 0 unspecified atom stereocenters. The molecule has 0 atom stereocenters. The summed E-state index contributed by atoms with van der Waals surface area (Å²) in [6, 6.07) is 6.32. The molecule has 1 heterocycles. The molecule has 0 amide bonds. The molecule has 15 heavy (non-hydrogen) atoms. The molecule has 0 fully saturated rings. The zero-order valence-corrected chi connectivity index (χ0v) is 8.66. The van der Waals surface area contributed by atoms with E-state index >= 15 is 0 Å². The molecule has 78 valence electrons. The lowest BCUT2D eigenvalue weighted by atomic mass is 10.0. The van der Waals surface area contributed by atoms with E-state index in [1.807, 2.05) is 13.8 Å². The van der Waals surface area contributed by atoms with Crippen molar-refractivity contribution in [1.29, 1.82) is 0 Å². The smallest absolute Gasteiger partial charge is 0.123 e. The molecular formula is C11H12FN3. The molecule has 0 spiro atoms. The van der Waals surface area contributed by atoms with Crippen molar-refractivity contribution >= 4 is 0 Å². The second kappa shape index (κ2) is 3.38. The molecule has 0 saturated heterocycles. The number of nitrogen functional groups attached to an aromatic ring is 1. The average molecular weight is 205 g/mol. The zero-order chi connectivity index (χ0) is 11.0. The fraction of sp³-hybridized carbons (Fsp3) is 0.182. The second-order valence-corrected chi connectivity index (χ2v) is 3.50.